The highest BCUT2D eigenvalue weighted by atomic mass is 79.9. The van der Waals surface area contributed by atoms with Crippen LogP contribution in [0.5, 0.6) is 0 Å². The normalized spacial score (nSPS) is 12.6. The fourth-order valence-electron chi connectivity index (χ4n) is 1.48. The predicted molar refractivity (Wildman–Crippen MR) is 93.0 cm³/mol. The Morgan fingerprint density at radius 2 is 1.55 bits per heavy atom. The van der Waals surface area contributed by atoms with Crippen LogP contribution in [0.25, 0.3) is 0 Å². The second kappa shape index (κ2) is 7.64. The van der Waals surface area contributed by atoms with Gasteiger partial charge in [0.05, 0.1) is 4.47 Å². The van der Waals surface area contributed by atoms with Crippen molar-refractivity contribution in [2.75, 3.05) is 0 Å². The first kappa shape index (κ1) is 17.5. The van der Waals surface area contributed by atoms with Crippen molar-refractivity contribution in [3.05, 3.63) is 68.1 Å². The Morgan fingerprint density at radius 3 is 2.18 bits per heavy atom. The predicted octanol–water partition coefficient (Wildman–Crippen LogP) is 6.08. The van der Waals surface area contributed by atoms with Crippen LogP contribution >= 0.6 is 55.1 Å². The molecule has 0 bridgehead atoms. The third-order valence-corrected chi connectivity index (χ3v) is 4.25. The van der Waals surface area contributed by atoms with Crippen molar-refractivity contribution in [1.82, 2.24) is 0 Å². The maximum atomic E-state index is 13.7. The molecule has 0 atom stereocenters. The number of benzene rings is 2. The summed E-state index contributed by atoms with van der Waals surface area (Å²) in [7, 11) is 0. The van der Waals surface area contributed by atoms with Crippen LogP contribution in [0.15, 0.2) is 55.5 Å². The molecule has 0 fully saturated rings. The van der Waals surface area contributed by atoms with E-state index in [4.69, 9.17) is 23.2 Å². The molecule has 0 unspecified atom stereocenters. The molecule has 0 aliphatic heterocycles. The molecule has 8 heteroatoms. The highest BCUT2D eigenvalue weighted by Gasteiger charge is 2.09. The first-order valence-corrected chi connectivity index (χ1v) is 8.10. The summed E-state index contributed by atoms with van der Waals surface area (Å²) in [5.74, 6) is -1.04. The fraction of sp³-hybridized carbons (Fsp3) is 0. The Morgan fingerprint density at radius 1 is 0.864 bits per heavy atom. The minimum atomic E-state index is -0.552. The Balaban J connectivity index is 2.29. The minimum Gasteiger partial charge on any atom is -0.206 e. The Bertz CT molecular complexity index is 779. The molecule has 0 aliphatic rings. The van der Waals surface area contributed by atoms with E-state index in [9.17, 15) is 8.78 Å². The van der Waals surface area contributed by atoms with E-state index in [0.29, 0.717) is 14.5 Å². The summed E-state index contributed by atoms with van der Waals surface area (Å²) in [6.07, 6.45) is 0. The third-order valence-electron chi connectivity index (χ3n) is 2.54. The lowest BCUT2D eigenvalue weighted by Gasteiger charge is -2.01. The second-order valence-electron chi connectivity index (χ2n) is 4.03. The van der Waals surface area contributed by atoms with Crippen molar-refractivity contribution >= 4 is 65.4 Å². The van der Waals surface area contributed by atoms with Gasteiger partial charge in [0.15, 0.2) is 10.3 Å². The highest BCUT2D eigenvalue weighted by Crippen LogP contribution is 2.19. The van der Waals surface area contributed by atoms with Crippen LogP contribution in [0.1, 0.15) is 11.1 Å². The molecule has 0 saturated carbocycles. The zero-order valence-corrected chi connectivity index (χ0v) is 15.3. The summed E-state index contributed by atoms with van der Waals surface area (Å²) in [4.78, 5) is 0. The van der Waals surface area contributed by atoms with Crippen LogP contribution in [0.2, 0.25) is 0 Å². The first-order chi connectivity index (χ1) is 10.4. The van der Waals surface area contributed by atoms with Gasteiger partial charge in [0.1, 0.15) is 11.6 Å². The van der Waals surface area contributed by atoms with E-state index in [1.807, 2.05) is 0 Å². The molecule has 2 nitrogen and oxygen atoms in total. The van der Waals surface area contributed by atoms with Gasteiger partial charge < -0.3 is 0 Å². The highest BCUT2D eigenvalue weighted by molar-refractivity contribution is 9.10. The van der Waals surface area contributed by atoms with E-state index in [0.717, 1.165) is 0 Å². The zero-order valence-electron chi connectivity index (χ0n) is 10.6. The van der Waals surface area contributed by atoms with Crippen LogP contribution in [-0.2, 0) is 0 Å². The molecule has 2 aromatic rings. The number of hydrogen-bond acceptors (Lipinski definition) is 2. The molecule has 0 aromatic heterocycles. The van der Waals surface area contributed by atoms with Crippen LogP contribution in [0, 0.1) is 11.6 Å². The summed E-state index contributed by atoms with van der Waals surface area (Å²) in [5.41, 5.74) is 0.409. The van der Waals surface area contributed by atoms with Crippen LogP contribution in [0.3, 0.4) is 0 Å². The van der Waals surface area contributed by atoms with Crippen molar-refractivity contribution in [3.8, 4) is 0 Å². The molecule has 0 radical (unpaired) electrons. The van der Waals surface area contributed by atoms with Gasteiger partial charge in [-0.3, -0.25) is 0 Å². The van der Waals surface area contributed by atoms with Gasteiger partial charge in [-0.15, -0.1) is 10.2 Å². The summed E-state index contributed by atoms with van der Waals surface area (Å²) in [5, 5.41) is 7.11. The van der Waals surface area contributed by atoms with Crippen LogP contribution < -0.4 is 0 Å². The Kier molecular flexibility index (Phi) is 6.09. The van der Waals surface area contributed by atoms with E-state index in [1.54, 1.807) is 12.1 Å². The number of hydrogen-bond donors (Lipinski definition) is 0. The van der Waals surface area contributed by atoms with Crippen LogP contribution in [-0.4, -0.2) is 10.3 Å². The van der Waals surface area contributed by atoms with Crippen LogP contribution in [0.4, 0.5) is 8.78 Å². The minimum absolute atomic E-state index is 0.0675. The number of rotatable bonds is 3. The molecule has 2 rings (SSSR count). The summed E-state index contributed by atoms with van der Waals surface area (Å²) in [6.45, 7) is 0. The van der Waals surface area contributed by atoms with E-state index >= 15 is 0 Å². The molecular formula is C14H6Br2Cl2F2N2. The van der Waals surface area contributed by atoms with Gasteiger partial charge in [-0.2, -0.15) is 0 Å². The average Bonchev–Trinajstić information content (AvgIpc) is 2.47. The molecule has 22 heavy (non-hydrogen) atoms. The van der Waals surface area contributed by atoms with Gasteiger partial charge in [-0.25, -0.2) is 8.78 Å². The van der Waals surface area contributed by atoms with Crippen molar-refractivity contribution in [3.63, 3.8) is 0 Å². The summed E-state index contributed by atoms with van der Waals surface area (Å²) >= 11 is 18.0. The van der Waals surface area contributed by atoms with E-state index < -0.39 is 11.6 Å². The lowest BCUT2D eigenvalue weighted by molar-refractivity contribution is 0.621. The Hall–Kier alpha value is -0.820. The molecule has 0 heterocycles. The fourth-order valence-corrected chi connectivity index (χ4v) is 2.41. The monoisotopic (exact) mass is 468 g/mol. The standard InChI is InChI=1S/C14H6Br2Cl2F2N2/c15-8-2-3-9(11(19)6-8)14(18)22-21-13(17)7-1-4-10(16)12(20)5-7/h1-6H/b21-13-,22-14-. The zero-order chi connectivity index (χ0) is 16.3. The molecule has 0 amide bonds. The maximum Gasteiger partial charge on any atom is 0.161 e. The van der Waals surface area contributed by atoms with Crippen molar-refractivity contribution in [1.29, 1.82) is 0 Å². The molecule has 0 N–H and O–H groups in total. The lowest BCUT2D eigenvalue weighted by atomic mass is 10.2. The topological polar surface area (TPSA) is 24.7 Å². The first-order valence-electron chi connectivity index (χ1n) is 5.76. The second-order valence-corrected chi connectivity index (χ2v) is 6.52. The molecular weight excluding hydrogens is 465 g/mol. The summed E-state index contributed by atoms with van der Waals surface area (Å²) in [6, 6.07) is 8.56. The van der Waals surface area contributed by atoms with Crippen molar-refractivity contribution in [2.45, 2.75) is 0 Å². The molecule has 0 saturated heterocycles. The van der Waals surface area contributed by atoms with Gasteiger partial charge in [0, 0.05) is 15.6 Å². The number of halogens is 6. The average molecular weight is 471 g/mol. The van der Waals surface area contributed by atoms with E-state index in [-0.39, 0.29) is 15.9 Å². The van der Waals surface area contributed by atoms with Crippen molar-refractivity contribution in [2.24, 2.45) is 10.2 Å². The molecule has 0 aliphatic carbocycles. The van der Waals surface area contributed by atoms with Gasteiger partial charge in [-0.05, 0) is 46.3 Å². The van der Waals surface area contributed by atoms with Crippen molar-refractivity contribution < 1.29 is 8.78 Å². The van der Waals surface area contributed by atoms with Gasteiger partial charge in [0.2, 0.25) is 0 Å². The van der Waals surface area contributed by atoms with Gasteiger partial charge >= 0.3 is 0 Å². The summed E-state index contributed by atoms with van der Waals surface area (Å²) < 4.78 is 28.0. The SMILES string of the molecule is Fc1cc(/C(Cl)=N/N=C(\Cl)c2ccc(Br)cc2F)ccc1Br. The number of nitrogens with zero attached hydrogens (tertiary/aromatic N) is 2. The van der Waals surface area contributed by atoms with E-state index in [2.05, 4.69) is 42.1 Å². The largest absolute Gasteiger partial charge is 0.206 e. The van der Waals surface area contributed by atoms with Gasteiger partial charge in [-0.1, -0.05) is 45.2 Å². The molecule has 2 aromatic carbocycles. The third kappa shape index (κ3) is 4.35. The lowest BCUT2D eigenvalue weighted by Crippen LogP contribution is -1.97. The van der Waals surface area contributed by atoms with E-state index in [1.165, 1.54) is 24.3 Å². The van der Waals surface area contributed by atoms with Gasteiger partial charge in [0.25, 0.3) is 0 Å². The molecule has 114 valence electrons. The quantitative estimate of drug-likeness (QED) is 0.384. The smallest absolute Gasteiger partial charge is 0.161 e. The molecule has 0 spiro atoms. The Labute approximate surface area is 152 Å². The maximum absolute atomic E-state index is 13.7.